The van der Waals surface area contributed by atoms with Crippen molar-refractivity contribution in [1.29, 1.82) is 0 Å². The van der Waals surface area contributed by atoms with Crippen molar-refractivity contribution in [2.24, 2.45) is 0 Å². The molecule has 0 bridgehead atoms. The molecule has 9 heteroatoms. The SMILES string of the molecule is CS(=O)(=O)c1nc2ccccc2n1Cc1nnc(-c2ccccc2Br)o1. The minimum Gasteiger partial charge on any atom is -0.419 e. The summed E-state index contributed by atoms with van der Waals surface area (Å²) in [7, 11) is -3.51. The van der Waals surface area contributed by atoms with Crippen LogP contribution in [-0.2, 0) is 16.4 Å². The second-order valence-electron chi connectivity index (χ2n) is 5.72. The fraction of sp³-hybridized carbons (Fsp3) is 0.118. The summed E-state index contributed by atoms with van der Waals surface area (Å²) in [6.45, 7) is 0.111. The van der Waals surface area contributed by atoms with E-state index in [2.05, 4.69) is 31.1 Å². The number of fused-ring (bicyclic) bond motifs is 1. The molecule has 4 aromatic rings. The molecule has 0 aliphatic rings. The Hall–Kier alpha value is -2.52. The summed E-state index contributed by atoms with van der Waals surface area (Å²) >= 11 is 3.45. The van der Waals surface area contributed by atoms with Crippen molar-refractivity contribution < 1.29 is 12.8 Å². The minimum atomic E-state index is -3.51. The van der Waals surface area contributed by atoms with Crippen LogP contribution in [0.3, 0.4) is 0 Å². The lowest BCUT2D eigenvalue weighted by Gasteiger charge is -2.04. The third kappa shape index (κ3) is 3.04. The summed E-state index contributed by atoms with van der Waals surface area (Å²) in [5, 5.41) is 8.10. The number of rotatable bonds is 4. The zero-order valence-electron chi connectivity index (χ0n) is 13.6. The highest BCUT2D eigenvalue weighted by molar-refractivity contribution is 9.10. The fourth-order valence-corrected chi connectivity index (χ4v) is 3.97. The van der Waals surface area contributed by atoms with E-state index in [1.54, 1.807) is 10.6 Å². The molecule has 4 rings (SSSR count). The highest BCUT2D eigenvalue weighted by Crippen LogP contribution is 2.27. The summed E-state index contributed by atoms with van der Waals surface area (Å²) in [6, 6.07) is 14.7. The molecular formula is C17H13BrN4O3S. The molecule has 0 aliphatic heterocycles. The molecule has 0 saturated heterocycles. The molecule has 7 nitrogen and oxygen atoms in total. The van der Waals surface area contributed by atoms with Crippen LogP contribution >= 0.6 is 15.9 Å². The first-order valence-electron chi connectivity index (χ1n) is 7.66. The van der Waals surface area contributed by atoms with Gasteiger partial charge in [0.15, 0.2) is 0 Å². The molecule has 0 unspecified atom stereocenters. The van der Waals surface area contributed by atoms with Gasteiger partial charge in [0.2, 0.25) is 26.8 Å². The molecule has 26 heavy (non-hydrogen) atoms. The highest BCUT2D eigenvalue weighted by Gasteiger charge is 2.21. The number of imidazole rings is 1. The van der Waals surface area contributed by atoms with E-state index in [1.807, 2.05) is 42.5 Å². The van der Waals surface area contributed by atoms with E-state index >= 15 is 0 Å². The van der Waals surface area contributed by atoms with Crippen LogP contribution in [-0.4, -0.2) is 34.4 Å². The monoisotopic (exact) mass is 432 g/mol. The molecule has 0 amide bonds. The molecule has 0 N–H and O–H groups in total. The summed E-state index contributed by atoms with van der Waals surface area (Å²) in [5.74, 6) is 0.654. The summed E-state index contributed by atoms with van der Waals surface area (Å²) < 4.78 is 32.4. The summed E-state index contributed by atoms with van der Waals surface area (Å²) in [6.07, 6.45) is 1.13. The van der Waals surface area contributed by atoms with Gasteiger partial charge in [-0.2, -0.15) is 0 Å². The maximum atomic E-state index is 12.1. The van der Waals surface area contributed by atoms with Gasteiger partial charge in [-0.1, -0.05) is 24.3 Å². The summed E-state index contributed by atoms with van der Waals surface area (Å²) in [4.78, 5) is 4.24. The Labute approximate surface area is 157 Å². The predicted molar refractivity (Wildman–Crippen MR) is 99.4 cm³/mol. The zero-order chi connectivity index (χ0) is 18.3. The maximum Gasteiger partial charge on any atom is 0.248 e. The summed E-state index contributed by atoms with van der Waals surface area (Å²) in [5.41, 5.74) is 2.05. The van der Waals surface area contributed by atoms with Gasteiger partial charge in [0.25, 0.3) is 0 Å². The lowest BCUT2D eigenvalue weighted by Crippen LogP contribution is -2.10. The van der Waals surface area contributed by atoms with Crippen molar-refractivity contribution in [2.45, 2.75) is 11.7 Å². The van der Waals surface area contributed by atoms with Gasteiger partial charge in [-0.05, 0) is 40.2 Å². The number of para-hydroxylation sites is 2. The Bertz CT molecular complexity index is 1210. The van der Waals surface area contributed by atoms with Crippen molar-refractivity contribution in [3.05, 3.63) is 58.9 Å². The largest absolute Gasteiger partial charge is 0.419 e. The topological polar surface area (TPSA) is 90.9 Å². The van der Waals surface area contributed by atoms with Gasteiger partial charge in [0.05, 0.1) is 16.6 Å². The van der Waals surface area contributed by atoms with Gasteiger partial charge in [0, 0.05) is 10.7 Å². The average Bonchev–Trinajstić information content (AvgIpc) is 3.21. The second kappa shape index (κ2) is 6.33. The van der Waals surface area contributed by atoms with Gasteiger partial charge in [-0.25, -0.2) is 13.4 Å². The highest BCUT2D eigenvalue weighted by atomic mass is 79.9. The van der Waals surface area contributed by atoms with Crippen molar-refractivity contribution in [3.8, 4) is 11.5 Å². The Morgan fingerprint density at radius 1 is 1.08 bits per heavy atom. The third-order valence-corrected chi connectivity index (χ3v) is 5.48. The van der Waals surface area contributed by atoms with Crippen LogP contribution in [0.15, 0.2) is 62.6 Å². The van der Waals surface area contributed by atoms with Gasteiger partial charge < -0.3 is 8.98 Å². The van der Waals surface area contributed by atoms with Crippen molar-refractivity contribution >= 4 is 36.8 Å². The number of hydrogen-bond donors (Lipinski definition) is 0. The van der Waals surface area contributed by atoms with Gasteiger partial charge >= 0.3 is 0 Å². The van der Waals surface area contributed by atoms with Crippen LogP contribution < -0.4 is 0 Å². The minimum absolute atomic E-state index is 0.0284. The van der Waals surface area contributed by atoms with Crippen LogP contribution in [0.4, 0.5) is 0 Å². The number of halogens is 1. The lowest BCUT2D eigenvalue weighted by atomic mass is 10.2. The van der Waals surface area contributed by atoms with Gasteiger partial charge in [-0.15, -0.1) is 10.2 Å². The van der Waals surface area contributed by atoms with E-state index in [0.717, 1.165) is 16.3 Å². The van der Waals surface area contributed by atoms with E-state index in [4.69, 9.17) is 4.42 Å². The van der Waals surface area contributed by atoms with E-state index in [0.29, 0.717) is 22.8 Å². The Kier molecular flexibility index (Phi) is 4.12. The number of benzene rings is 2. The molecular weight excluding hydrogens is 420 g/mol. The normalized spacial score (nSPS) is 11.9. The maximum absolute atomic E-state index is 12.1. The standard InChI is InChI=1S/C17H13BrN4O3S/c1-26(23,24)17-19-13-8-4-5-9-14(13)22(17)10-15-20-21-16(25-15)11-6-2-3-7-12(11)18/h2-9H,10H2,1H3. The molecule has 2 heterocycles. The Morgan fingerprint density at radius 3 is 2.58 bits per heavy atom. The van der Waals surface area contributed by atoms with Gasteiger partial charge in [-0.3, -0.25) is 0 Å². The molecule has 0 aliphatic carbocycles. The number of sulfone groups is 1. The van der Waals surface area contributed by atoms with Crippen LogP contribution in [0, 0.1) is 0 Å². The smallest absolute Gasteiger partial charge is 0.248 e. The van der Waals surface area contributed by atoms with Crippen molar-refractivity contribution in [2.75, 3.05) is 6.26 Å². The molecule has 0 atom stereocenters. The van der Waals surface area contributed by atoms with E-state index in [-0.39, 0.29) is 11.7 Å². The van der Waals surface area contributed by atoms with Crippen LogP contribution in [0.1, 0.15) is 5.89 Å². The number of hydrogen-bond acceptors (Lipinski definition) is 6. The van der Waals surface area contributed by atoms with E-state index in [9.17, 15) is 8.42 Å². The molecule has 0 saturated carbocycles. The number of nitrogens with zero attached hydrogens (tertiary/aromatic N) is 4. The van der Waals surface area contributed by atoms with Crippen LogP contribution in [0.2, 0.25) is 0 Å². The van der Waals surface area contributed by atoms with Crippen molar-refractivity contribution in [3.63, 3.8) is 0 Å². The number of aromatic nitrogens is 4. The Morgan fingerprint density at radius 2 is 1.81 bits per heavy atom. The molecule has 132 valence electrons. The van der Waals surface area contributed by atoms with Crippen LogP contribution in [0.25, 0.3) is 22.5 Å². The predicted octanol–water partition coefficient (Wildman–Crippen LogP) is 3.30. The van der Waals surface area contributed by atoms with E-state index < -0.39 is 9.84 Å². The average molecular weight is 433 g/mol. The second-order valence-corrected chi connectivity index (χ2v) is 8.49. The molecule has 0 fully saturated rings. The Balaban J connectivity index is 1.78. The van der Waals surface area contributed by atoms with Crippen molar-refractivity contribution in [1.82, 2.24) is 19.7 Å². The molecule has 2 aromatic carbocycles. The zero-order valence-corrected chi connectivity index (χ0v) is 16.0. The first-order chi connectivity index (χ1) is 12.4. The quantitative estimate of drug-likeness (QED) is 0.491. The lowest BCUT2D eigenvalue weighted by molar-refractivity contribution is 0.479. The molecule has 2 aromatic heterocycles. The fourth-order valence-electron chi connectivity index (χ4n) is 2.69. The third-order valence-electron chi connectivity index (χ3n) is 3.82. The first-order valence-corrected chi connectivity index (χ1v) is 10.3. The first kappa shape index (κ1) is 16.9. The molecule has 0 radical (unpaired) electrons. The van der Waals surface area contributed by atoms with E-state index in [1.165, 1.54) is 0 Å². The molecule has 0 spiro atoms. The van der Waals surface area contributed by atoms with Gasteiger partial charge in [0.1, 0.15) is 6.54 Å². The van der Waals surface area contributed by atoms with Crippen LogP contribution in [0.5, 0.6) is 0 Å².